The van der Waals surface area contributed by atoms with Gasteiger partial charge in [0.1, 0.15) is 0 Å². The van der Waals surface area contributed by atoms with Crippen LogP contribution in [0.2, 0.25) is 0 Å². The van der Waals surface area contributed by atoms with Crippen molar-refractivity contribution in [1.82, 2.24) is 30.8 Å². The van der Waals surface area contributed by atoms with Crippen LogP contribution in [0.25, 0.3) is 21.7 Å². The average molecular weight is 390 g/mol. The van der Waals surface area contributed by atoms with E-state index in [9.17, 15) is 14.4 Å². The van der Waals surface area contributed by atoms with Gasteiger partial charge in [0.05, 0.1) is 16.9 Å². The van der Waals surface area contributed by atoms with Crippen LogP contribution in [-0.2, 0) is 0 Å². The van der Waals surface area contributed by atoms with Gasteiger partial charge in [0.2, 0.25) is 0 Å². The molecule has 0 radical (unpaired) electrons. The molecule has 0 fully saturated rings. The van der Waals surface area contributed by atoms with Crippen LogP contribution in [0.5, 0.6) is 0 Å². The summed E-state index contributed by atoms with van der Waals surface area (Å²) in [5, 5.41) is 12.4. The zero-order chi connectivity index (χ0) is 20.5. The van der Waals surface area contributed by atoms with Crippen molar-refractivity contribution in [3.05, 3.63) is 70.3 Å². The lowest BCUT2D eigenvalue weighted by atomic mass is 10.1. The second-order valence-corrected chi connectivity index (χ2v) is 6.76. The Kier molecular flexibility index (Phi) is 4.55. The molecule has 0 aliphatic heterocycles. The van der Waals surface area contributed by atoms with E-state index in [-0.39, 0.29) is 23.0 Å². The summed E-state index contributed by atoms with van der Waals surface area (Å²) in [4.78, 5) is 37.8. The van der Waals surface area contributed by atoms with Crippen molar-refractivity contribution in [3.8, 4) is 0 Å². The van der Waals surface area contributed by atoms with Crippen molar-refractivity contribution in [2.75, 3.05) is 0 Å². The average Bonchev–Trinajstić information content (AvgIpc) is 3.16. The summed E-state index contributed by atoms with van der Waals surface area (Å²) in [7, 11) is 0. The summed E-state index contributed by atoms with van der Waals surface area (Å²) in [5.74, 6) is -1.21. The van der Waals surface area contributed by atoms with Gasteiger partial charge < -0.3 is 0 Å². The summed E-state index contributed by atoms with van der Waals surface area (Å²) >= 11 is 0. The number of benzene rings is 2. The molecule has 9 heteroatoms. The Balaban J connectivity index is 1.63. The third kappa shape index (κ3) is 3.22. The van der Waals surface area contributed by atoms with Gasteiger partial charge >= 0.3 is 0 Å². The van der Waals surface area contributed by atoms with Crippen molar-refractivity contribution >= 4 is 33.5 Å². The van der Waals surface area contributed by atoms with E-state index in [1.807, 2.05) is 6.07 Å². The molecular formula is C20H18N6O3. The van der Waals surface area contributed by atoms with E-state index in [0.717, 1.165) is 0 Å². The highest BCUT2D eigenvalue weighted by molar-refractivity contribution is 6.08. The third-order valence-corrected chi connectivity index (χ3v) is 4.51. The highest BCUT2D eigenvalue weighted by atomic mass is 16.2. The molecule has 4 rings (SSSR count). The first-order valence-electron chi connectivity index (χ1n) is 9.02. The molecule has 146 valence electrons. The lowest BCUT2D eigenvalue weighted by Crippen LogP contribution is -2.43. The van der Waals surface area contributed by atoms with Crippen molar-refractivity contribution < 1.29 is 9.59 Å². The molecule has 2 aromatic carbocycles. The van der Waals surface area contributed by atoms with Crippen molar-refractivity contribution in [3.63, 3.8) is 0 Å². The maximum atomic E-state index is 12.8. The first-order valence-corrected chi connectivity index (χ1v) is 9.02. The topological polar surface area (TPSA) is 122 Å². The molecule has 0 aliphatic rings. The minimum Gasteiger partial charge on any atom is -0.277 e. The number of amides is 2. The van der Waals surface area contributed by atoms with Crippen LogP contribution in [0.1, 0.15) is 40.9 Å². The third-order valence-electron chi connectivity index (χ3n) is 4.51. The van der Waals surface area contributed by atoms with E-state index in [1.165, 1.54) is 4.68 Å². The number of carbonyl (C=O) groups is 2. The number of para-hydroxylation sites is 1. The van der Waals surface area contributed by atoms with Crippen LogP contribution in [0.4, 0.5) is 0 Å². The van der Waals surface area contributed by atoms with Gasteiger partial charge in [-0.05, 0) is 26.0 Å². The number of aromatic amines is 1. The fourth-order valence-electron chi connectivity index (χ4n) is 3.09. The number of H-pyrrole nitrogens is 1. The number of nitrogens with zero attached hydrogens (tertiary/aromatic N) is 3. The van der Waals surface area contributed by atoms with E-state index < -0.39 is 11.8 Å². The van der Waals surface area contributed by atoms with Gasteiger partial charge in [-0.3, -0.25) is 30.3 Å². The molecule has 0 saturated heterocycles. The van der Waals surface area contributed by atoms with Gasteiger partial charge in [-0.15, -0.1) is 0 Å². The number of nitrogens with one attached hydrogen (secondary N) is 3. The minimum atomic E-state index is -0.635. The fraction of sp³-hybridized carbons (Fsp3) is 0.150. The first-order chi connectivity index (χ1) is 14.0. The highest BCUT2D eigenvalue weighted by Gasteiger charge is 2.19. The predicted molar refractivity (Wildman–Crippen MR) is 107 cm³/mol. The smallest absolute Gasteiger partial charge is 0.277 e. The molecule has 0 aliphatic carbocycles. The lowest BCUT2D eigenvalue weighted by molar-refractivity contribution is 0.0841. The zero-order valence-electron chi connectivity index (χ0n) is 15.8. The molecule has 2 amide bonds. The number of hydrogen-bond donors (Lipinski definition) is 3. The van der Waals surface area contributed by atoms with E-state index >= 15 is 0 Å². The molecule has 3 N–H and O–H groups in total. The molecule has 0 unspecified atom stereocenters. The summed E-state index contributed by atoms with van der Waals surface area (Å²) in [5.41, 5.74) is 5.35. The van der Waals surface area contributed by atoms with Crippen LogP contribution in [0, 0.1) is 0 Å². The lowest BCUT2D eigenvalue weighted by Gasteiger charge is -2.13. The largest absolute Gasteiger partial charge is 0.290 e. The number of rotatable bonds is 3. The molecule has 29 heavy (non-hydrogen) atoms. The molecule has 9 nitrogen and oxygen atoms in total. The summed E-state index contributed by atoms with van der Waals surface area (Å²) in [6.07, 6.45) is 0. The number of hydrazine groups is 1. The number of fused-ring (bicyclic) bond motifs is 2. The van der Waals surface area contributed by atoms with Crippen LogP contribution < -0.4 is 16.4 Å². The molecule has 0 spiro atoms. The van der Waals surface area contributed by atoms with Crippen molar-refractivity contribution in [1.29, 1.82) is 0 Å². The van der Waals surface area contributed by atoms with E-state index in [0.29, 0.717) is 21.7 Å². The highest BCUT2D eigenvalue weighted by Crippen LogP contribution is 2.16. The Bertz CT molecular complexity index is 1300. The monoisotopic (exact) mass is 390 g/mol. The van der Waals surface area contributed by atoms with Gasteiger partial charge in [0, 0.05) is 10.8 Å². The van der Waals surface area contributed by atoms with Gasteiger partial charge in [-0.25, -0.2) is 4.68 Å². The van der Waals surface area contributed by atoms with Gasteiger partial charge in [0.15, 0.2) is 11.4 Å². The number of aromatic nitrogens is 4. The molecule has 4 aromatic rings. The minimum absolute atomic E-state index is 0.0427. The predicted octanol–water partition coefficient (Wildman–Crippen LogP) is 1.93. The van der Waals surface area contributed by atoms with Crippen molar-refractivity contribution in [2.45, 2.75) is 19.9 Å². The standard InChI is InChI=1S/C20H18N6O3/c1-11(2)26-20(29)13-8-4-3-7-12(13)17(25-26)19(28)24-23-18(27)16-14-9-5-6-10-15(14)21-22-16/h3-11H,1-2H3,(H,21,22)(H,23,27)(H,24,28). The molecular weight excluding hydrogens is 372 g/mol. The molecule has 0 bridgehead atoms. The summed E-state index contributed by atoms with van der Waals surface area (Å²) < 4.78 is 1.25. The zero-order valence-corrected chi connectivity index (χ0v) is 15.8. The Morgan fingerprint density at radius 2 is 1.48 bits per heavy atom. The summed E-state index contributed by atoms with van der Waals surface area (Å²) in [6.45, 7) is 3.60. The number of carbonyl (C=O) groups excluding carboxylic acids is 2. The number of hydrogen-bond acceptors (Lipinski definition) is 5. The van der Waals surface area contributed by atoms with Gasteiger partial charge in [-0.1, -0.05) is 36.4 Å². The Morgan fingerprint density at radius 1 is 0.897 bits per heavy atom. The van der Waals surface area contributed by atoms with Crippen LogP contribution in [0.3, 0.4) is 0 Å². The quantitative estimate of drug-likeness (QED) is 0.462. The Morgan fingerprint density at radius 3 is 2.17 bits per heavy atom. The van der Waals surface area contributed by atoms with Gasteiger partial charge in [-0.2, -0.15) is 10.2 Å². The fourth-order valence-corrected chi connectivity index (χ4v) is 3.09. The van der Waals surface area contributed by atoms with Gasteiger partial charge in [0.25, 0.3) is 17.4 Å². The SMILES string of the molecule is CC(C)n1nc(C(=O)NNC(=O)c2n[nH]c3ccccc23)c2ccccc2c1=O. The Labute approximate surface area is 164 Å². The van der Waals surface area contributed by atoms with Crippen LogP contribution >= 0.6 is 0 Å². The van der Waals surface area contributed by atoms with Crippen LogP contribution in [0.15, 0.2) is 53.3 Å². The van der Waals surface area contributed by atoms with E-state index in [2.05, 4.69) is 26.1 Å². The molecule has 0 atom stereocenters. The second kappa shape index (κ2) is 7.19. The molecule has 2 heterocycles. The maximum Gasteiger partial charge on any atom is 0.290 e. The first kappa shape index (κ1) is 18.4. The summed E-state index contributed by atoms with van der Waals surface area (Å²) in [6, 6.07) is 13.7. The van der Waals surface area contributed by atoms with Crippen molar-refractivity contribution in [2.24, 2.45) is 0 Å². The maximum absolute atomic E-state index is 12.8. The normalized spacial score (nSPS) is 11.1. The Hall–Kier alpha value is -4.01. The van der Waals surface area contributed by atoms with E-state index in [4.69, 9.17) is 0 Å². The van der Waals surface area contributed by atoms with Crippen LogP contribution in [-0.4, -0.2) is 31.8 Å². The molecule has 2 aromatic heterocycles. The molecule has 0 saturated carbocycles. The van der Waals surface area contributed by atoms with E-state index in [1.54, 1.807) is 56.3 Å². The second-order valence-electron chi connectivity index (χ2n) is 6.76.